The number of piperidine rings is 2. The number of amides is 2. The number of ether oxygens (including phenoxy) is 2. The van der Waals surface area contributed by atoms with Crippen molar-refractivity contribution in [2.45, 2.75) is 115 Å². The average Bonchev–Trinajstić information content (AvgIpc) is 3.44. The lowest BCUT2D eigenvalue weighted by atomic mass is 9.99. The third kappa shape index (κ3) is 5.58. The van der Waals surface area contributed by atoms with E-state index in [9.17, 15) is 29.4 Å². The van der Waals surface area contributed by atoms with E-state index in [0.717, 1.165) is 38.5 Å². The largest absolute Gasteiger partial charge is 0.480 e. The highest BCUT2D eigenvalue weighted by Crippen LogP contribution is 2.44. The first-order valence-corrected chi connectivity index (χ1v) is 12.1. The van der Waals surface area contributed by atoms with E-state index in [0.29, 0.717) is 0 Å². The van der Waals surface area contributed by atoms with Gasteiger partial charge in [0.2, 0.25) is 0 Å². The van der Waals surface area contributed by atoms with Crippen molar-refractivity contribution in [2.24, 2.45) is 11.8 Å². The Morgan fingerprint density at radius 2 is 0.971 bits per heavy atom. The van der Waals surface area contributed by atoms with Crippen LogP contribution in [0.2, 0.25) is 0 Å². The number of carbonyl (C=O) groups excluding carboxylic acids is 2. The summed E-state index contributed by atoms with van der Waals surface area (Å²) in [6.07, 6.45) is 4.23. The van der Waals surface area contributed by atoms with Gasteiger partial charge in [-0.1, -0.05) is 0 Å². The van der Waals surface area contributed by atoms with E-state index < -0.39 is 47.4 Å². The molecule has 10 nitrogen and oxygen atoms in total. The molecule has 10 heteroatoms. The van der Waals surface area contributed by atoms with E-state index in [-0.39, 0.29) is 23.9 Å². The minimum absolute atomic E-state index is 0.0518. The fourth-order valence-corrected chi connectivity index (χ4v) is 5.77. The Hall–Kier alpha value is -2.52. The third-order valence-electron chi connectivity index (χ3n) is 6.88. The fourth-order valence-electron chi connectivity index (χ4n) is 5.77. The van der Waals surface area contributed by atoms with E-state index in [1.165, 1.54) is 9.80 Å². The van der Waals surface area contributed by atoms with Crippen LogP contribution >= 0.6 is 0 Å². The summed E-state index contributed by atoms with van der Waals surface area (Å²) in [4.78, 5) is 49.3. The molecule has 4 bridgehead atoms. The Balaban J connectivity index is 0.000000191. The van der Waals surface area contributed by atoms with Gasteiger partial charge in [0.1, 0.15) is 23.3 Å². The lowest BCUT2D eigenvalue weighted by Crippen LogP contribution is -2.50. The number of fused-ring (bicyclic) bond motifs is 4. The Morgan fingerprint density at radius 1 is 0.647 bits per heavy atom. The maximum atomic E-state index is 12.0. The Kier molecular flexibility index (Phi) is 7.11. The van der Waals surface area contributed by atoms with Crippen molar-refractivity contribution in [1.29, 1.82) is 0 Å². The summed E-state index contributed by atoms with van der Waals surface area (Å²) < 4.78 is 10.6. The highest BCUT2D eigenvalue weighted by atomic mass is 16.6. The van der Waals surface area contributed by atoms with Gasteiger partial charge in [-0.2, -0.15) is 0 Å². The van der Waals surface area contributed by atoms with E-state index >= 15 is 0 Å². The summed E-state index contributed by atoms with van der Waals surface area (Å²) in [7, 11) is 0. The van der Waals surface area contributed by atoms with Crippen LogP contribution in [0.25, 0.3) is 0 Å². The monoisotopic (exact) mass is 482 g/mol. The summed E-state index contributed by atoms with van der Waals surface area (Å²) in [5.74, 6) is -1.62. The molecule has 0 aromatic heterocycles. The number of likely N-dealkylation sites (tertiary alicyclic amines) is 2. The molecule has 192 valence electrons. The smallest absolute Gasteiger partial charge is 0.411 e. The van der Waals surface area contributed by atoms with Gasteiger partial charge in [0, 0.05) is 12.1 Å². The Morgan fingerprint density at radius 3 is 1.24 bits per heavy atom. The number of aliphatic carboxylic acids is 2. The van der Waals surface area contributed by atoms with Crippen LogP contribution in [-0.2, 0) is 19.1 Å². The number of carboxylic acids is 2. The Bertz CT molecular complexity index is 762. The number of hydrogen-bond acceptors (Lipinski definition) is 6. The van der Waals surface area contributed by atoms with Crippen molar-refractivity contribution in [1.82, 2.24) is 9.80 Å². The molecule has 2 saturated carbocycles. The molecule has 2 saturated heterocycles. The zero-order chi connectivity index (χ0) is 25.6. The molecule has 0 aromatic rings. The van der Waals surface area contributed by atoms with E-state index in [4.69, 9.17) is 9.47 Å². The van der Waals surface area contributed by atoms with Gasteiger partial charge in [-0.15, -0.1) is 0 Å². The van der Waals surface area contributed by atoms with Gasteiger partial charge in [-0.05, 0) is 91.9 Å². The van der Waals surface area contributed by atoms with Gasteiger partial charge in [-0.25, -0.2) is 19.2 Å². The molecule has 2 heterocycles. The first-order valence-electron chi connectivity index (χ1n) is 12.1. The van der Waals surface area contributed by atoms with Crippen LogP contribution in [0.1, 0.15) is 80.1 Å². The first-order chi connectivity index (χ1) is 15.6. The predicted octanol–water partition coefficient (Wildman–Crippen LogP) is 3.72. The molecule has 4 rings (SSSR count). The van der Waals surface area contributed by atoms with Gasteiger partial charge >= 0.3 is 24.1 Å². The SMILES string of the molecule is CC(C)(C)OC(=O)N1[C@@H]2CC[C@@H](C2)[C@H]1C(=O)O.CC(C)(C)OC(=O)N1[C@H]2CC[C@H](C2)[C@@H]1C(=O)O. The van der Waals surface area contributed by atoms with E-state index in [1.54, 1.807) is 41.5 Å². The van der Waals surface area contributed by atoms with Crippen molar-refractivity contribution in [3.63, 3.8) is 0 Å². The zero-order valence-corrected chi connectivity index (χ0v) is 20.9. The molecule has 2 amide bonds. The second-order valence-corrected chi connectivity index (χ2v) is 11.8. The predicted molar refractivity (Wildman–Crippen MR) is 121 cm³/mol. The van der Waals surface area contributed by atoms with Crippen LogP contribution in [-0.4, -0.2) is 79.5 Å². The molecule has 2 N–H and O–H groups in total. The maximum absolute atomic E-state index is 12.0. The molecular weight excluding hydrogens is 444 g/mol. The number of rotatable bonds is 2. The first kappa shape index (κ1) is 26.1. The van der Waals surface area contributed by atoms with E-state index in [1.807, 2.05) is 0 Å². The molecule has 0 spiro atoms. The Labute approximate surface area is 200 Å². The number of carbonyl (C=O) groups is 4. The third-order valence-corrected chi connectivity index (χ3v) is 6.88. The number of nitrogens with zero attached hydrogens (tertiary/aromatic N) is 2. The van der Waals surface area contributed by atoms with Gasteiger partial charge in [0.15, 0.2) is 0 Å². The van der Waals surface area contributed by atoms with Crippen LogP contribution in [0.3, 0.4) is 0 Å². The lowest BCUT2D eigenvalue weighted by molar-refractivity contribution is -0.145. The highest BCUT2D eigenvalue weighted by molar-refractivity contribution is 5.82. The van der Waals surface area contributed by atoms with Gasteiger partial charge in [0.05, 0.1) is 0 Å². The summed E-state index contributed by atoms with van der Waals surface area (Å²) in [5, 5.41) is 18.4. The second-order valence-electron chi connectivity index (χ2n) is 11.8. The van der Waals surface area contributed by atoms with Crippen molar-refractivity contribution in [2.75, 3.05) is 0 Å². The molecule has 0 radical (unpaired) electrons. The molecule has 2 aliphatic heterocycles. The summed E-state index contributed by atoms with van der Waals surface area (Å²) in [5.41, 5.74) is -1.16. The molecule has 4 aliphatic rings. The van der Waals surface area contributed by atoms with Crippen LogP contribution in [0.15, 0.2) is 0 Å². The van der Waals surface area contributed by atoms with Crippen LogP contribution in [0.4, 0.5) is 9.59 Å². The van der Waals surface area contributed by atoms with Crippen molar-refractivity contribution in [3.8, 4) is 0 Å². The number of carboxylic acid groups (broad SMARTS) is 2. The lowest BCUT2D eigenvalue weighted by Gasteiger charge is -2.34. The molecule has 6 atom stereocenters. The fraction of sp³-hybridized carbons (Fsp3) is 0.833. The molecular formula is C24H38N2O8. The van der Waals surface area contributed by atoms with Crippen LogP contribution < -0.4 is 0 Å². The van der Waals surface area contributed by atoms with Crippen LogP contribution in [0, 0.1) is 11.8 Å². The topological polar surface area (TPSA) is 134 Å². The summed E-state index contributed by atoms with van der Waals surface area (Å²) in [6.45, 7) is 10.7. The van der Waals surface area contributed by atoms with Crippen LogP contribution in [0.5, 0.6) is 0 Å². The van der Waals surface area contributed by atoms with Crippen molar-refractivity contribution >= 4 is 24.1 Å². The van der Waals surface area contributed by atoms with Gasteiger partial charge in [0.25, 0.3) is 0 Å². The molecule has 34 heavy (non-hydrogen) atoms. The highest BCUT2D eigenvalue weighted by Gasteiger charge is 2.53. The van der Waals surface area contributed by atoms with Crippen molar-refractivity contribution < 1.29 is 38.9 Å². The molecule has 0 aromatic carbocycles. The van der Waals surface area contributed by atoms with E-state index in [2.05, 4.69) is 0 Å². The maximum Gasteiger partial charge on any atom is 0.411 e. The number of hydrogen-bond donors (Lipinski definition) is 2. The second kappa shape index (κ2) is 9.26. The van der Waals surface area contributed by atoms with Gasteiger partial charge in [-0.3, -0.25) is 9.80 Å². The molecule has 0 unspecified atom stereocenters. The average molecular weight is 483 g/mol. The molecule has 4 fully saturated rings. The zero-order valence-electron chi connectivity index (χ0n) is 20.9. The minimum atomic E-state index is -0.914. The van der Waals surface area contributed by atoms with Gasteiger partial charge < -0.3 is 19.7 Å². The summed E-state index contributed by atoms with van der Waals surface area (Å²) in [6, 6.07) is -1.28. The normalized spacial score (nSPS) is 31.7. The standard InChI is InChI=1S/2C12H19NO4/c2*1-12(2,3)17-11(16)13-8-5-4-7(6-8)9(13)10(14)15/h2*7-9H,4-6H2,1-3H3,(H,14,15)/t2*7-,8+,9-/m10/s1. The quantitative estimate of drug-likeness (QED) is 0.608. The minimum Gasteiger partial charge on any atom is -0.480 e. The summed E-state index contributed by atoms with van der Waals surface area (Å²) >= 11 is 0. The van der Waals surface area contributed by atoms with Crippen molar-refractivity contribution in [3.05, 3.63) is 0 Å². The molecule has 2 aliphatic carbocycles.